The molecule has 0 bridgehead atoms. The first kappa shape index (κ1) is 14.3. The van der Waals surface area contributed by atoms with E-state index < -0.39 is 10.0 Å². The SMILES string of the molecule is Cn1cnc(S(=O)(=O)N2CCO[C@H]3CCCC[C@@H]32)c1Cl. The number of aromatic nitrogens is 2. The average molecular weight is 320 g/mol. The summed E-state index contributed by atoms with van der Waals surface area (Å²) in [6.07, 6.45) is 5.33. The molecule has 0 aromatic carbocycles. The minimum Gasteiger partial charge on any atom is -0.375 e. The lowest BCUT2D eigenvalue weighted by molar-refractivity contribution is -0.0586. The zero-order chi connectivity index (χ0) is 14.3. The lowest BCUT2D eigenvalue weighted by Gasteiger charge is -2.42. The second-order valence-corrected chi connectivity index (χ2v) is 7.49. The molecule has 0 N–H and O–H groups in total. The van der Waals surface area contributed by atoms with Crippen LogP contribution in [0.15, 0.2) is 11.4 Å². The lowest BCUT2D eigenvalue weighted by atomic mass is 9.91. The summed E-state index contributed by atoms with van der Waals surface area (Å²) in [4.78, 5) is 3.96. The van der Waals surface area contributed by atoms with Gasteiger partial charge in [0.1, 0.15) is 5.15 Å². The van der Waals surface area contributed by atoms with Gasteiger partial charge in [-0.25, -0.2) is 13.4 Å². The van der Waals surface area contributed by atoms with E-state index in [1.54, 1.807) is 7.05 Å². The first-order chi connectivity index (χ1) is 9.51. The fourth-order valence-electron chi connectivity index (χ4n) is 3.04. The van der Waals surface area contributed by atoms with Crippen LogP contribution in [-0.4, -0.2) is 47.6 Å². The maximum atomic E-state index is 12.8. The molecule has 0 spiro atoms. The van der Waals surface area contributed by atoms with E-state index in [4.69, 9.17) is 16.3 Å². The highest BCUT2D eigenvalue weighted by atomic mass is 35.5. The molecule has 2 aliphatic rings. The van der Waals surface area contributed by atoms with Gasteiger partial charge in [-0.3, -0.25) is 0 Å². The van der Waals surface area contributed by atoms with Gasteiger partial charge in [0.15, 0.2) is 0 Å². The van der Waals surface area contributed by atoms with Gasteiger partial charge in [0.25, 0.3) is 10.0 Å². The number of halogens is 1. The summed E-state index contributed by atoms with van der Waals surface area (Å²) < 4.78 is 34.3. The molecular weight excluding hydrogens is 302 g/mol. The number of aryl methyl sites for hydroxylation is 1. The fourth-order valence-corrected chi connectivity index (χ4v) is 5.09. The van der Waals surface area contributed by atoms with Crippen molar-refractivity contribution in [3.05, 3.63) is 11.5 Å². The summed E-state index contributed by atoms with van der Waals surface area (Å²) in [5.74, 6) is 0. The van der Waals surface area contributed by atoms with Crippen LogP contribution in [0.4, 0.5) is 0 Å². The van der Waals surface area contributed by atoms with Gasteiger partial charge in [0.05, 0.1) is 25.1 Å². The van der Waals surface area contributed by atoms with E-state index in [0.717, 1.165) is 25.7 Å². The Bertz CT molecular complexity index is 599. The molecule has 1 saturated carbocycles. The number of hydrogen-bond donors (Lipinski definition) is 0. The highest BCUT2D eigenvalue weighted by Gasteiger charge is 2.42. The number of nitrogens with zero attached hydrogens (tertiary/aromatic N) is 3. The van der Waals surface area contributed by atoms with Crippen LogP contribution in [0.5, 0.6) is 0 Å². The second-order valence-electron chi connectivity index (χ2n) is 5.33. The Hall–Kier alpha value is -0.630. The summed E-state index contributed by atoms with van der Waals surface area (Å²) in [5.41, 5.74) is 0. The molecule has 112 valence electrons. The predicted octanol–water partition coefficient (Wildman–Crippen LogP) is 1.41. The number of ether oxygens (including phenoxy) is 1. The molecule has 0 radical (unpaired) electrons. The topological polar surface area (TPSA) is 64.4 Å². The van der Waals surface area contributed by atoms with Gasteiger partial charge in [-0.15, -0.1) is 0 Å². The molecular formula is C12H18ClN3O3S. The van der Waals surface area contributed by atoms with Crippen molar-refractivity contribution in [1.82, 2.24) is 13.9 Å². The third-order valence-corrected chi connectivity index (χ3v) is 6.48. The smallest absolute Gasteiger partial charge is 0.264 e. The van der Waals surface area contributed by atoms with E-state index in [1.165, 1.54) is 15.2 Å². The zero-order valence-electron chi connectivity index (χ0n) is 11.3. The van der Waals surface area contributed by atoms with Crippen LogP contribution in [-0.2, 0) is 21.8 Å². The minimum atomic E-state index is -3.65. The molecule has 0 unspecified atom stereocenters. The third-order valence-electron chi connectivity index (χ3n) is 4.07. The van der Waals surface area contributed by atoms with Crippen molar-refractivity contribution in [3.63, 3.8) is 0 Å². The molecule has 1 saturated heterocycles. The van der Waals surface area contributed by atoms with E-state index in [-0.39, 0.29) is 22.3 Å². The first-order valence-electron chi connectivity index (χ1n) is 6.82. The van der Waals surface area contributed by atoms with E-state index in [0.29, 0.717) is 13.2 Å². The monoisotopic (exact) mass is 319 g/mol. The number of hydrogen-bond acceptors (Lipinski definition) is 4. The van der Waals surface area contributed by atoms with Crippen molar-refractivity contribution in [2.24, 2.45) is 7.05 Å². The van der Waals surface area contributed by atoms with Gasteiger partial charge in [0, 0.05) is 13.6 Å². The van der Waals surface area contributed by atoms with Crippen LogP contribution >= 0.6 is 11.6 Å². The Morgan fingerprint density at radius 2 is 2.15 bits per heavy atom. The number of rotatable bonds is 2. The van der Waals surface area contributed by atoms with Crippen molar-refractivity contribution < 1.29 is 13.2 Å². The van der Waals surface area contributed by atoms with Crippen LogP contribution in [0.1, 0.15) is 25.7 Å². The van der Waals surface area contributed by atoms with Gasteiger partial charge in [-0.1, -0.05) is 24.4 Å². The maximum Gasteiger partial charge on any atom is 0.264 e. The highest BCUT2D eigenvalue weighted by Crippen LogP contribution is 2.33. The van der Waals surface area contributed by atoms with E-state index in [1.807, 2.05) is 0 Å². The Kier molecular flexibility index (Phi) is 3.79. The summed E-state index contributed by atoms with van der Waals surface area (Å²) in [5, 5.41) is 0.108. The Morgan fingerprint density at radius 1 is 1.40 bits per heavy atom. The molecule has 1 aliphatic heterocycles. The molecule has 2 atom stereocenters. The molecule has 2 heterocycles. The molecule has 3 rings (SSSR count). The first-order valence-corrected chi connectivity index (χ1v) is 8.64. The Labute approximate surface area is 123 Å². The second kappa shape index (κ2) is 5.29. The summed E-state index contributed by atoms with van der Waals surface area (Å²) in [6, 6.07) is -0.0828. The van der Waals surface area contributed by atoms with Crippen molar-refractivity contribution >= 4 is 21.6 Å². The number of morpholine rings is 1. The number of fused-ring (bicyclic) bond motifs is 1. The molecule has 0 amide bonds. The van der Waals surface area contributed by atoms with Crippen LogP contribution in [0.3, 0.4) is 0 Å². The lowest BCUT2D eigenvalue weighted by Crippen LogP contribution is -2.54. The molecule has 6 nitrogen and oxygen atoms in total. The molecule has 1 aliphatic carbocycles. The predicted molar refractivity (Wildman–Crippen MR) is 74.1 cm³/mol. The van der Waals surface area contributed by atoms with Gasteiger partial charge >= 0.3 is 0 Å². The summed E-state index contributed by atoms with van der Waals surface area (Å²) in [7, 11) is -1.98. The third kappa shape index (κ3) is 2.26. The Morgan fingerprint density at radius 3 is 2.85 bits per heavy atom. The molecule has 1 aromatic rings. The zero-order valence-corrected chi connectivity index (χ0v) is 12.9. The molecule has 2 fully saturated rings. The largest absolute Gasteiger partial charge is 0.375 e. The number of sulfonamides is 1. The van der Waals surface area contributed by atoms with Gasteiger partial charge in [-0.05, 0) is 12.8 Å². The van der Waals surface area contributed by atoms with Crippen molar-refractivity contribution in [1.29, 1.82) is 0 Å². The highest BCUT2D eigenvalue weighted by molar-refractivity contribution is 7.89. The van der Waals surface area contributed by atoms with Crippen LogP contribution in [0.2, 0.25) is 5.15 Å². The van der Waals surface area contributed by atoms with E-state index in [2.05, 4.69) is 4.98 Å². The normalized spacial score (nSPS) is 28.3. The minimum absolute atomic E-state index is 0.00904. The Balaban J connectivity index is 1.95. The number of imidazole rings is 1. The average Bonchev–Trinajstić information content (AvgIpc) is 2.79. The van der Waals surface area contributed by atoms with E-state index in [9.17, 15) is 8.42 Å². The standard InChI is InChI=1S/C12H18ClN3O3S/c1-15-8-14-12(11(15)13)20(17,18)16-6-7-19-10-5-3-2-4-9(10)16/h8-10H,2-7H2,1H3/t9-,10-/m0/s1. The van der Waals surface area contributed by atoms with Crippen molar-refractivity contribution in [2.75, 3.05) is 13.2 Å². The van der Waals surface area contributed by atoms with Gasteiger partial charge < -0.3 is 9.30 Å². The van der Waals surface area contributed by atoms with Crippen molar-refractivity contribution in [3.8, 4) is 0 Å². The summed E-state index contributed by atoms with van der Waals surface area (Å²) >= 11 is 6.05. The summed E-state index contributed by atoms with van der Waals surface area (Å²) in [6.45, 7) is 0.807. The quantitative estimate of drug-likeness (QED) is 0.826. The molecule has 8 heteroatoms. The maximum absolute atomic E-state index is 12.8. The van der Waals surface area contributed by atoms with Gasteiger partial charge in [-0.2, -0.15) is 4.31 Å². The van der Waals surface area contributed by atoms with Gasteiger partial charge in [0.2, 0.25) is 5.03 Å². The van der Waals surface area contributed by atoms with Crippen molar-refractivity contribution in [2.45, 2.75) is 42.9 Å². The van der Waals surface area contributed by atoms with Crippen LogP contribution < -0.4 is 0 Å². The van der Waals surface area contributed by atoms with Crippen LogP contribution in [0, 0.1) is 0 Å². The van der Waals surface area contributed by atoms with Crippen LogP contribution in [0.25, 0.3) is 0 Å². The van der Waals surface area contributed by atoms with E-state index >= 15 is 0 Å². The molecule has 20 heavy (non-hydrogen) atoms. The molecule has 1 aromatic heterocycles. The fraction of sp³-hybridized carbons (Fsp3) is 0.750.